The van der Waals surface area contributed by atoms with E-state index in [2.05, 4.69) is 10.6 Å². The molecule has 0 heterocycles. The zero-order valence-corrected chi connectivity index (χ0v) is 12.5. The molecule has 2 aromatic rings. The molecule has 1 unspecified atom stereocenters. The van der Waals surface area contributed by atoms with E-state index in [9.17, 15) is 9.18 Å². The topological polar surface area (TPSA) is 41.1 Å². The number of nitrogens with one attached hydrogen (secondary N) is 2. The van der Waals surface area contributed by atoms with Gasteiger partial charge in [0.1, 0.15) is 5.82 Å². The molecule has 0 saturated carbocycles. The summed E-state index contributed by atoms with van der Waals surface area (Å²) >= 11 is 5.94. The van der Waals surface area contributed by atoms with E-state index in [1.807, 2.05) is 6.92 Å². The molecule has 1 atom stereocenters. The van der Waals surface area contributed by atoms with E-state index in [0.717, 1.165) is 5.56 Å². The minimum absolute atomic E-state index is 0.234. The third-order valence-corrected chi connectivity index (χ3v) is 3.45. The summed E-state index contributed by atoms with van der Waals surface area (Å²) in [5.74, 6) is -0.539. The van der Waals surface area contributed by atoms with Gasteiger partial charge in [-0.25, -0.2) is 4.39 Å². The van der Waals surface area contributed by atoms with Gasteiger partial charge in [-0.1, -0.05) is 23.7 Å². The molecule has 1 amide bonds. The monoisotopic (exact) mass is 306 g/mol. The van der Waals surface area contributed by atoms with Crippen molar-refractivity contribution in [3.63, 3.8) is 0 Å². The first-order chi connectivity index (χ1) is 10.0. The molecular weight excluding hydrogens is 291 g/mol. The summed E-state index contributed by atoms with van der Waals surface area (Å²) in [7, 11) is 1.74. The van der Waals surface area contributed by atoms with Crippen LogP contribution in [0.1, 0.15) is 28.9 Å². The zero-order chi connectivity index (χ0) is 15.4. The average molecular weight is 307 g/mol. The standard InChI is InChI=1S/C16H16ClFN2O/c1-10(11-3-6-13(18)7-4-11)20-16(21)14-9-12(17)5-8-15(14)19-2/h3-10,19H,1-2H3,(H,20,21). The summed E-state index contributed by atoms with van der Waals surface area (Å²) in [6.07, 6.45) is 0. The van der Waals surface area contributed by atoms with Crippen molar-refractivity contribution in [2.24, 2.45) is 0 Å². The minimum atomic E-state index is -0.301. The summed E-state index contributed by atoms with van der Waals surface area (Å²) in [5, 5.41) is 6.32. The summed E-state index contributed by atoms with van der Waals surface area (Å²) < 4.78 is 12.9. The van der Waals surface area contributed by atoms with Crippen molar-refractivity contribution in [1.29, 1.82) is 0 Å². The van der Waals surface area contributed by atoms with Gasteiger partial charge in [0.05, 0.1) is 11.6 Å². The molecule has 0 aromatic heterocycles. The number of hydrogen-bond acceptors (Lipinski definition) is 2. The van der Waals surface area contributed by atoms with Gasteiger partial charge in [-0.2, -0.15) is 0 Å². The van der Waals surface area contributed by atoms with Gasteiger partial charge < -0.3 is 10.6 Å². The predicted octanol–water partition coefficient (Wildman–Crippen LogP) is 4.01. The molecule has 0 radical (unpaired) electrons. The summed E-state index contributed by atoms with van der Waals surface area (Å²) in [6, 6.07) is 10.9. The average Bonchev–Trinajstić information content (AvgIpc) is 2.47. The summed E-state index contributed by atoms with van der Waals surface area (Å²) in [5.41, 5.74) is 2.00. The number of rotatable bonds is 4. The molecule has 3 nitrogen and oxygen atoms in total. The Morgan fingerprint density at radius 2 is 1.86 bits per heavy atom. The maximum absolute atomic E-state index is 12.9. The van der Waals surface area contributed by atoms with Crippen LogP contribution in [0.25, 0.3) is 0 Å². The van der Waals surface area contributed by atoms with Crippen LogP contribution in [-0.2, 0) is 0 Å². The van der Waals surface area contributed by atoms with Gasteiger partial charge in [-0.3, -0.25) is 4.79 Å². The van der Waals surface area contributed by atoms with Crippen molar-refractivity contribution in [1.82, 2.24) is 5.32 Å². The first-order valence-corrected chi connectivity index (χ1v) is 6.92. The lowest BCUT2D eigenvalue weighted by Crippen LogP contribution is -2.27. The molecule has 110 valence electrons. The van der Waals surface area contributed by atoms with Crippen LogP contribution in [-0.4, -0.2) is 13.0 Å². The molecule has 2 aromatic carbocycles. The number of anilines is 1. The molecular formula is C16H16ClFN2O. The summed E-state index contributed by atoms with van der Waals surface area (Å²) in [4.78, 5) is 12.3. The highest BCUT2D eigenvalue weighted by atomic mass is 35.5. The molecule has 0 aliphatic rings. The fourth-order valence-electron chi connectivity index (χ4n) is 2.03. The molecule has 2 rings (SSSR count). The highest BCUT2D eigenvalue weighted by Crippen LogP contribution is 2.21. The quantitative estimate of drug-likeness (QED) is 0.896. The van der Waals surface area contributed by atoms with Crippen LogP contribution in [0.2, 0.25) is 5.02 Å². The summed E-state index contributed by atoms with van der Waals surface area (Å²) in [6.45, 7) is 1.84. The van der Waals surface area contributed by atoms with E-state index >= 15 is 0 Å². The van der Waals surface area contributed by atoms with Crippen molar-refractivity contribution < 1.29 is 9.18 Å². The second-order valence-electron chi connectivity index (χ2n) is 4.69. The fraction of sp³-hybridized carbons (Fsp3) is 0.188. The third kappa shape index (κ3) is 3.73. The van der Waals surface area contributed by atoms with E-state index in [4.69, 9.17) is 11.6 Å². The van der Waals surface area contributed by atoms with Gasteiger partial charge in [0.2, 0.25) is 0 Å². The number of halogens is 2. The minimum Gasteiger partial charge on any atom is -0.387 e. The number of amides is 1. The van der Waals surface area contributed by atoms with E-state index in [0.29, 0.717) is 16.3 Å². The molecule has 2 N–H and O–H groups in total. The molecule has 0 fully saturated rings. The van der Waals surface area contributed by atoms with Gasteiger partial charge in [0.25, 0.3) is 5.91 Å². The van der Waals surface area contributed by atoms with Crippen molar-refractivity contribution in [3.8, 4) is 0 Å². The smallest absolute Gasteiger partial charge is 0.253 e. The first kappa shape index (κ1) is 15.3. The number of carbonyl (C=O) groups excluding carboxylic acids is 1. The maximum atomic E-state index is 12.9. The van der Waals surface area contributed by atoms with Crippen LogP contribution in [0.15, 0.2) is 42.5 Å². The van der Waals surface area contributed by atoms with Crippen molar-refractivity contribution >= 4 is 23.2 Å². The molecule has 0 aliphatic carbocycles. The normalized spacial score (nSPS) is 11.8. The number of benzene rings is 2. The van der Waals surface area contributed by atoms with Gasteiger partial charge in [0.15, 0.2) is 0 Å². The lowest BCUT2D eigenvalue weighted by atomic mass is 10.1. The molecule has 5 heteroatoms. The SMILES string of the molecule is CNc1ccc(Cl)cc1C(=O)NC(C)c1ccc(F)cc1. The van der Waals surface area contributed by atoms with Gasteiger partial charge in [-0.05, 0) is 42.8 Å². The Hall–Kier alpha value is -2.07. The van der Waals surface area contributed by atoms with Gasteiger partial charge >= 0.3 is 0 Å². The lowest BCUT2D eigenvalue weighted by Gasteiger charge is -2.16. The van der Waals surface area contributed by atoms with Crippen LogP contribution in [0.4, 0.5) is 10.1 Å². The molecule has 0 aliphatic heterocycles. The van der Waals surface area contributed by atoms with Crippen molar-refractivity contribution in [2.45, 2.75) is 13.0 Å². The Morgan fingerprint density at radius 1 is 1.19 bits per heavy atom. The maximum Gasteiger partial charge on any atom is 0.253 e. The second-order valence-corrected chi connectivity index (χ2v) is 5.12. The van der Waals surface area contributed by atoms with Crippen LogP contribution in [0.3, 0.4) is 0 Å². The lowest BCUT2D eigenvalue weighted by molar-refractivity contribution is 0.0940. The van der Waals surface area contributed by atoms with E-state index < -0.39 is 0 Å². The molecule has 0 bridgehead atoms. The zero-order valence-electron chi connectivity index (χ0n) is 11.8. The highest BCUT2D eigenvalue weighted by Gasteiger charge is 2.15. The fourth-order valence-corrected chi connectivity index (χ4v) is 2.20. The predicted molar refractivity (Wildman–Crippen MR) is 83.3 cm³/mol. The largest absolute Gasteiger partial charge is 0.387 e. The van der Waals surface area contributed by atoms with Crippen LogP contribution >= 0.6 is 11.6 Å². The molecule has 0 saturated heterocycles. The highest BCUT2D eigenvalue weighted by molar-refractivity contribution is 6.31. The van der Waals surface area contributed by atoms with E-state index in [-0.39, 0.29) is 17.8 Å². The van der Waals surface area contributed by atoms with E-state index in [1.54, 1.807) is 37.4 Å². The Balaban J connectivity index is 2.17. The van der Waals surface area contributed by atoms with Crippen LogP contribution in [0.5, 0.6) is 0 Å². The Morgan fingerprint density at radius 3 is 2.48 bits per heavy atom. The van der Waals surface area contributed by atoms with Gasteiger partial charge in [-0.15, -0.1) is 0 Å². The van der Waals surface area contributed by atoms with Crippen LogP contribution in [0, 0.1) is 5.82 Å². The van der Waals surface area contributed by atoms with Crippen LogP contribution < -0.4 is 10.6 Å². The first-order valence-electron chi connectivity index (χ1n) is 6.55. The Labute approximate surface area is 128 Å². The molecule has 0 spiro atoms. The van der Waals surface area contributed by atoms with E-state index in [1.165, 1.54) is 12.1 Å². The Kier molecular flexibility index (Phi) is 4.81. The third-order valence-electron chi connectivity index (χ3n) is 3.21. The molecule has 21 heavy (non-hydrogen) atoms. The number of hydrogen-bond donors (Lipinski definition) is 2. The van der Waals surface area contributed by atoms with Gasteiger partial charge in [0, 0.05) is 17.8 Å². The van der Waals surface area contributed by atoms with Crippen molar-refractivity contribution in [3.05, 3.63) is 64.4 Å². The van der Waals surface area contributed by atoms with Crippen molar-refractivity contribution in [2.75, 3.05) is 12.4 Å². The second kappa shape index (κ2) is 6.59. The Bertz CT molecular complexity index is 643. The number of carbonyl (C=O) groups is 1.